The van der Waals surface area contributed by atoms with E-state index in [0.717, 1.165) is 50.9 Å². The summed E-state index contributed by atoms with van der Waals surface area (Å²) in [5, 5.41) is 23.6. The number of aliphatic hydroxyl groups is 2. The number of carbonyl (C=O) groups is 2. The number of allylic oxidation sites excluding steroid dienone is 4. The summed E-state index contributed by atoms with van der Waals surface area (Å²) in [7, 11) is 0. The summed E-state index contributed by atoms with van der Waals surface area (Å²) in [6, 6.07) is 0. The quantitative estimate of drug-likeness (QED) is 0.606. The molecule has 0 bridgehead atoms. The van der Waals surface area contributed by atoms with Gasteiger partial charge in [0.25, 0.3) is 0 Å². The number of nitrogens with zero attached hydrogens (tertiary/aromatic N) is 1. The van der Waals surface area contributed by atoms with E-state index in [1.807, 2.05) is 13.0 Å². The Morgan fingerprint density at radius 3 is 2.61 bits per heavy atom. The van der Waals surface area contributed by atoms with Crippen molar-refractivity contribution in [2.24, 2.45) is 34.5 Å². The van der Waals surface area contributed by atoms with Crippen LogP contribution in [0.1, 0.15) is 73.1 Å². The molecule has 0 aromatic rings. The first-order valence-corrected chi connectivity index (χ1v) is 13.1. The Morgan fingerprint density at radius 2 is 1.94 bits per heavy atom. The molecule has 33 heavy (non-hydrogen) atoms. The molecule has 2 N–H and O–H groups in total. The zero-order valence-corrected chi connectivity index (χ0v) is 21.1. The number of aliphatic hydroxyl groups excluding tert-OH is 1. The maximum atomic E-state index is 13.6. The third kappa shape index (κ3) is 3.61. The van der Waals surface area contributed by atoms with Crippen LogP contribution in [0.25, 0.3) is 0 Å². The highest BCUT2D eigenvalue weighted by Crippen LogP contribution is 2.68. The van der Waals surface area contributed by atoms with Crippen LogP contribution in [0.15, 0.2) is 23.8 Å². The minimum Gasteiger partial charge on any atom is -0.393 e. The first-order chi connectivity index (χ1) is 15.5. The maximum absolute atomic E-state index is 13.6. The van der Waals surface area contributed by atoms with Gasteiger partial charge in [-0.15, -0.1) is 0 Å². The van der Waals surface area contributed by atoms with Crippen LogP contribution in [0.5, 0.6) is 0 Å². The first kappa shape index (κ1) is 24.8. The Labute approximate surface area is 199 Å². The van der Waals surface area contributed by atoms with E-state index in [9.17, 15) is 19.8 Å². The molecule has 0 spiro atoms. The Hall–Kier alpha value is -1.30. The van der Waals surface area contributed by atoms with Crippen molar-refractivity contribution in [1.82, 2.24) is 4.90 Å². The Bertz CT molecular complexity index is 860. The van der Waals surface area contributed by atoms with Crippen LogP contribution in [0.2, 0.25) is 0 Å². The summed E-state index contributed by atoms with van der Waals surface area (Å²) in [6.45, 7) is 13.3. The van der Waals surface area contributed by atoms with Crippen molar-refractivity contribution in [1.29, 1.82) is 0 Å². The standard InChI is InChI=1S/C28H43NO4/c1-6-29(7-2)14-8-9-24(32)28(33)18(3)15-22-21-11-10-19-16-20(30)12-13-26(19,4)25(21)23(31)17-27(22,28)5/h12-13,16,18,21-23,25,31,33H,6-11,14-15,17H2,1-5H3/t18-,21-,22-,23-,25+,26-,27-,28-/m0/s1. The van der Waals surface area contributed by atoms with Crippen LogP contribution in [-0.4, -0.2) is 58.0 Å². The van der Waals surface area contributed by atoms with E-state index < -0.39 is 17.1 Å². The van der Waals surface area contributed by atoms with Gasteiger partial charge in [-0.1, -0.05) is 46.3 Å². The molecule has 8 atom stereocenters. The fourth-order valence-electron chi connectivity index (χ4n) is 8.45. The summed E-state index contributed by atoms with van der Waals surface area (Å²) < 4.78 is 0. The van der Waals surface area contributed by atoms with Gasteiger partial charge in [0.2, 0.25) is 0 Å². The molecule has 4 rings (SSSR count). The fourth-order valence-corrected chi connectivity index (χ4v) is 8.45. The molecular formula is C28H43NO4. The van der Waals surface area contributed by atoms with E-state index in [1.165, 1.54) is 0 Å². The lowest BCUT2D eigenvalue weighted by molar-refractivity contribution is -0.182. The van der Waals surface area contributed by atoms with Crippen molar-refractivity contribution in [3.8, 4) is 0 Å². The lowest BCUT2D eigenvalue weighted by Gasteiger charge is -2.59. The van der Waals surface area contributed by atoms with E-state index in [2.05, 4.69) is 32.6 Å². The molecule has 3 fully saturated rings. The number of fused-ring (bicyclic) bond motifs is 5. The van der Waals surface area contributed by atoms with Crippen LogP contribution >= 0.6 is 0 Å². The molecule has 4 aliphatic carbocycles. The fraction of sp³-hybridized carbons (Fsp3) is 0.786. The van der Waals surface area contributed by atoms with Gasteiger partial charge in [-0.25, -0.2) is 0 Å². The van der Waals surface area contributed by atoms with Crippen molar-refractivity contribution in [3.63, 3.8) is 0 Å². The number of carbonyl (C=O) groups excluding carboxylic acids is 2. The number of hydrogen-bond donors (Lipinski definition) is 2. The highest BCUT2D eigenvalue weighted by molar-refractivity contribution is 6.01. The molecule has 0 saturated heterocycles. The summed E-state index contributed by atoms with van der Waals surface area (Å²) in [5.41, 5.74) is -1.20. The van der Waals surface area contributed by atoms with Crippen molar-refractivity contribution < 1.29 is 19.8 Å². The topological polar surface area (TPSA) is 77.8 Å². The van der Waals surface area contributed by atoms with Crippen molar-refractivity contribution in [2.45, 2.75) is 84.8 Å². The molecule has 0 heterocycles. The predicted molar refractivity (Wildman–Crippen MR) is 130 cm³/mol. The molecule has 4 aliphatic rings. The van der Waals surface area contributed by atoms with Crippen LogP contribution in [0, 0.1) is 34.5 Å². The second kappa shape index (κ2) is 8.73. The van der Waals surface area contributed by atoms with Crippen molar-refractivity contribution in [3.05, 3.63) is 23.8 Å². The SMILES string of the molecule is CCN(CC)CCCC(=O)[C@@]1(O)[C@@H](C)C[C@H]2[C@@H]3CCC4=CC(=O)C=C[C@]4(C)[C@H]3[C@@H](O)C[C@@]21C. The lowest BCUT2D eigenvalue weighted by atomic mass is 9.46. The van der Waals surface area contributed by atoms with Gasteiger partial charge < -0.3 is 15.1 Å². The number of hydrogen-bond acceptors (Lipinski definition) is 5. The van der Waals surface area contributed by atoms with E-state index in [4.69, 9.17) is 0 Å². The zero-order valence-electron chi connectivity index (χ0n) is 21.1. The molecule has 0 radical (unpaired) electrons. The minimum absolute atomic E-state index is 0.0206. The molecule has 5 nitrogen and oxygen atoms in total. The highest BCUT2D eigenvalue weighted by Gasteiger charge is 2.70. The van der Waals surface area contributed by atoms with Gasteiger partial charge in [0.1, 0.15) is 5.60 Å². The summed E-state index contributed by atoms with van der Waals surface area (Å²) in [6.07, 6.45) is 8.98. The average Bonchev–Trinajstić information content (AvgIpc) is 2.98. The monoisotopic (exact) mass is 457 g/mol. The second-order valence-electron chi connectivity index (χ2n) is 11.7. The van der Waals surface area contributed by atoms with Gasteiger partial charge in [-0.2, -0.15) is 0 Å². The molecule has 0 unspecified atom stereocenters. The van der Waals surface area contributed by atoms with Crippen LogP contribution < -0.4 is 0 Å². The minimum atomic E-state index is -1.39. The lowest BCUT2D eigenvalue weighted by Crippen LogP contribution is -2.62. The largest absolute Gasteiger partial charge is 0.393 e. The van der Waals surface area contributed by atoms with Gasteiger partial charge in [-0.05, 0) is 81.6 Å². The van der Waals surface area contributed by atoms with Crippen LogP contribution in [0.4, 0.5) is 0 Å². The smallest absolute Gasteiger partial charge is 0.178 e. The predicted octanol–water partition coefficient (Wildman–Crippen LogP) is 3.93. The molecular weight excluding hydrogens is 414 g/mol. The van der Waals surface area contributed by atoms with Crippen molar-refractivity contribution >= 4 is 11.6 Å². The van der Waals surface area contributed by atoms with Crippen LogP contribution in [0.3, 0.4) is 0 Å². The van der Waals surface area contributed by atoms with Gasteiger partial charge >= 0.3 is 0 Å². The van der Waals surface area contributed by atoms with Crippen molar-refractivity contribution in [2.75, 3.05) is 19.6 Å². The maximum Gasteiger partial charge on any atom is 0.178 e. The van der Waals surface area contributed by atoms with Gasteiger partial charge in [0.05, 0.1) is 6.10 Å². The molecule has 0 aromatic heterocycles. The normalized spacial score (nSPS) is 44.3. The van der Waals surface area contributed by atoms with E-state index in [1.54, 1.807) is 12.2 Å². The molecule has 3 saturated carbocycles. The van der Waals surface area contributed by atoms with E-state index in [0.29, 0.717) is 12.8 Å². The summed E-state index contributed by atoms with van der Waals surface area (Å²) in [5.74, 6) is 0.333. The molecule has 5 heteroatoms. The second-order valence-corrected chi connectivity index (χ2v) is 11.7. The summed E-state index contributed by atoms with van der Waals surface area (Å²) in [4.78, 5) is 27.9. The average molecular weight is 458 g/mol. The third-order valence-electron chi connectivity index (χ3n) is 10.3. The Kier molecular flexibility index (Phi) is 6.56. The van der Waals surface area contributed by atoms with Gasteiger partial charge in [-0.3, -0.25) is 9.59 Å². The molecule has 0 amide bonds. The molecule has 0 aliphatic heterocycles. The molecule has 184 valence electrons. The summed E-state index contributed by atoms with van der Waals surface area (Å²) >= 11 is 0. The van der Waals surface area contributed by atoms with E-state index >= 15 is 0 Å². The van der Waals surface area contributed by atoms with E-state index in [-0.39, 0.29) is 40.7 Å². The zero-order chi connectivity index (χ0) is 24.2. The Balaban J connectivity index is 1.59. The third-order valence-corrected chi connectivity index (χ3v) is 10.3. The first-order valence-electron chi connectivity index (χ1n) is 13.1. The number of Topliss-reactive ketones (excluding diaryl/α,β-unsaturated/α-hetero) is 1. The molecule has 0 aromatic carbocycles. The highest BCUT2D eigenvalue weighted by atomic mass is 16.3. The van der Waals surface area contributed by atoms with Gasteiger partial charge in [0, 0.05) is 23.2 Å². The van der Waals surface area contributed by atoms with Crippen LogP contribution in [-0.2, 0) is 9.59 Å². The van der Waals surface area contributed by atoms with Gasteiger partial charge in [0.15, 0.2) is 11.6 Å². The Morgan fingerprint density at radius 1 is 1.24 bits per heavy atom. The number of ketones is 2. The number of rotatable bonds is 7.